The lowest BCUT2D eigenvalue weighted by Gasteiger charge is -2.26. The molecule has 0 aliphatic carbocycles. The van der Waals surface area contributed by atoms with Gasteiger partial charge in [-0.25, -0.2) is 9.40 Å². The SMILES string of the molecule is Cc1ccc(C)c(C2=NN(C(=O)CN(C)C(C)C)C(c3ccccc3F)C2)c1. The molecule has 0 radical (unpaired) electrons. The first kappa shape index (κ1) is 20.2. The van der Waals surface area contributed by atoms with Gasteiger partial charge in [-0.05, 0) is 52.4 Å². The summed E-state index contributed by atoms with van der Waals surface area (Å²) in [6.07, 6.45) is 0.502. The molecule has 4 nitrogen and oxygen atoms in total. The van der Waals surface area contributed by atoms with Crippen LogP contribution in [0.2, 0.25) is 0 Å². The van der Waals surface area contributed by atoms with Crippen molar-refractivity contribution in [2.24, 2.45) is 5.10 Å². The number of likely N-dealkylation sites (N-methyl/N-ethyl adjacent to an activating group) is 1. The Morgan fingerprint density at radius 1 is 1.25 bits per heavy atom. The number of hydrazone groups is 1. The molecule has 1 atom stereocenters. The van der Waals surface area contributed by atoms with Crippen LogP contribution < -0.4 is 0 Å². The number of nitrogens with zero attached hydrogens (tertiary/aromatic N) is 3. The molecule has 0 saturated carbocycles. The fourth-order valence-corrected chi connectivity index (χ4v) is 3.41. The molecule has 3 rings (SSSR count). The average molecular weight is 381 g/mol. The lowest BCUT2D eigenvalue weighted by molar-refractivity contribution is -0.134. The highest BCUT2D eigenvalue weighted by atomic mass is 19.1. The zero-order valence-electron chi connectivity index (χ0n) is 17.2. The molecular weight excluding hydrogens is 353 g/mol. The fraction of sp³-hybridized carbons (Fsp3) is 0.391. The molecule has 2 aromatic rings. The van der Waals surface area contributed by atoms with Gasteiger partial charge >= 0.3 is 0 Å². The Kier molecular flexibility index (Phi) is 5.94. The summed E-state index contributed by atoms with van der Waals surface area (Å²) in [6.45, 7) is 8.39. The molecule has 5 heteroatoms. The van der Waals surface area contributed by atoms with Crippen LogP contribution in [0.5, 0.6) is 0 Å². The van der Waals surface area contributed by atoms with Crippen molar-refractivity contribution in [1.82, 2.24) is 9.91 Å². The van der Waals surface area contributed by atoms with E-state index in [0.29, 0.717) is 12.0 Å². The normalized spacial score (nSPS) is 16.8. The number of amides is 1. The Morgan fingerprint density at radius 2 is 1.96 bits per heavy atom. The predicted octanol–water partition coefficient (Wildman–Crippen LogP) is 4.46. The monoisotopic (exact) mass is 381 g/mol. The number of carbonyl (C=O) groups is 1. The van der Waals surface area contributed by atoms with Crippen LogP contribution >= 0.6 is 0 Å². The molecule has 2 aromatic carbocycles. The van der Waals surface area contributed by atoms with E-state index >= 15 is 0 Å². The predicted molar refractivity (Wildman–Crippen MR) is 111 cm³/mol. The molecule has 1 amide bonds. The van der Waals surface area contributed by atoms with E-state index in [9.17, 15) is 9.18 Å². The van der Waals surface area contributed by atoms with Gasteiger partial charge in [0.05, 0.1) is 18.3 Å². The molecule has 1 aliphatic heterocycles. The van der Waals surface area contributed by atoms with Gasteiger partial charge in [0.15, 0.2) is 0 Å². The van der Waals surface area contributed by atoms with Crippen molar-refractivity contribution in [2.45, 2.75) is 46.2 Å². The van der Waals surface area contributed by atoms with Gasteiger partial charge in [0.25, 0.3) is 5.91 Å². The Labute approximate surface area is 166 Å². The second-order valence-corrected chi connectivity index (χ2v) is 7.85. The number of aryl methyl sites for hydroxylation is 2. The Bertz CT molecular complexity index is 906. The van der Waals surface area contributed by atoms with Crippen LogP contribution in [0.25, 0.3) is 0 Å². The minimum absolute atomic E-state index is 0.121. The third-order valence-corrected chi connectivity index (χ3v) is 5.40. The third kappa shape index (κ3) is 4.14. The van der Waals surface area contributed by atoms with Gasteiger partial charge < -0.3 is 0 Å². The van der Waals surface area contributed by atoms with E-state index in [2.05, 4.69) is 23.3 Å². The van der Waals surface area contributed by atoms with E-state index in [1.165, 1.54) is 11.1 Å². The van der Waals surface area contributed by atoms with E-state index in [1.807, 2.05) is 39.6 Å². The smallest absolute Gasteiger partial charge is 0.257 e. The standard InChI is InChI=1S/C23H28FN3O/c1-15(2)26(5)14-23(28)27-22(18-8-6-7-9-20(18)24)13-21(25-27)19-12-16(3)10-11-17(19)4/h6-12,15,22H,13-14H2,1-5H3. The highest BCUT2D eigenvalue weighted by Crippen LogP contribution is 2.35. The fourth-order valence-electron chi connectivity index (χ4n) is 3.41. The molecule has 28 heavy (non-hydrogen) atoms. The Hall–Kier alpha value is -2.53. The molecule has 0 N–H and O–H groups in total. The van der Waals surface area contributed by atoms with E-state index in [0.717, 1.165) is 22.4 Å². The highest BCUT2D eigenvalue weighted by Gasteiger charge is 2.35. The summed E-state index contributed by atoms with van der Waals surface area (Å²) >= 11 is 0. The van der Waals surface area contributed by atoms with Crippen molar-refractivity contribution in [1.29, 1.82) is 0 Å². The largest absolute Gasteiger partial charge is 0.295 e. The van der Waals surface area contributed by atoms with Crippen molar-refractivity contribution in [3.8, 4) is 0 Å². The van der Waals surface area contributed by atoms with E-state index in [-0.39, 0.29) is 24.3 Å². The topological polar surface area (TPSA) is 35.9 Å². The summed E-state index contributed by atoms with van der Waals surface area (Å²) in [5, 5.41) is 6.16. The van der Waals surface area contributed by atoms with Crippen LogP contribution in [0.3, 0.4) is 0 Å². The number of hydrogen-bond acceptors (Lipinski definition) is 3. The number of halogens is 1. The number of carbonyl (C=O) groups excluding carboxylic acids is 1. The number of benzene rings is 2. The second kappa shape index (κ2) is 8.23. The van der Waals surface area contributed by atoms with Gasteiger partial charge in [-0.2, -0.15) is 5.10 Å². The van der Waals surface area contributed by atoms with Crippen molar-refractivity contribution >= 4 is 11.6 Å². The first-order chi connectivity index (χ1) is 13.3. The molecule has 0 saturated heterocycles. The minimum atomic E-state index is -0.427. The van der Waals surface area contributed by atoms with E-state index in [1.54, 1.807) is 18.2 Å². The van der Waals surface area contributed by atoms with Crippen LogP contribution in [0.4, 0.5) is 4.39 Å². The molecule has 0 aromatic heterocycles. The van der Waals surface area contributed by atoms with Crippen LogP contribution in [-0.2, 0) is 4.79 Å². The van der Waals surface area contributed by atoms with Crippen molar-refractivity contribution in [2.75, 3.05) is 13.6 Å². The first-order valence-electron chi connectivity index (χ1n) is 9.69. The van der Waals surface area contributed by atoms with Gasteiger partial charge in [-0.3, -0.25) is 9.69 Å². The van der Waals surface area contributed by atoms with Crippen LogP contribution in [-0.4, -0.2) is 41.2 Å². The molecule has 0 spiro atoms. The quantitative estimate of drug-likeness (QED) is 0.767. The van der Waals surface area contributed by atoms with Gasteiger partial charge in [0.2, 0.25) is 0 Å². The zero-order chi connectivity index (χ0) is 20.4. The van der Waals surface area contributed by atoms with E-state index < -0.39 is 6.04 Å². The molecule has 1 heterocycles. The minimum Gasteiger partial charge on any atom is -0.295 e. The maximum atomic E-state index is 14.5. The first-order valence-corrected chi connectivity index (χ1v) is 9.69. The third-order valence-electron chi connectivity index (χ3n) is 5.40. The lowest BCUT2D eigenvalue weighted by atomic mass is 9.95. The van der Waals surface area contributed by atoms with Gasteiger partial charge in [0.1, 0.15) is 5.82 Å². The van der Waals surface area contributed by atoms with Crippen molar-refractivity contribution in [3.05, 3.63) is 70.5 Å². The van der Waals surface area contributed by atoms with Gasteiger partial charge in [0, 0.05) is 23.6 Å². The summed E-state index contributed by atoms with van der Waals surface area (Å²) in [5.41, 5.74) is 4.59. The summed E-state index contributed by atoms with van der Waals surface area (Å²) < 4.78 is 14.5. The molecular formula is C23H28FN3O. The maximum absolute atomic E-state index is 14.5. The maximum Gasteiger partial charge on any atom is 0.257 e. The lowest BCUT2D eigenvalue weighted by Crippen LogP contribution is -2.39. The van der Waals surface area contributed by atoms with Crippen LogP contribution in [0.1, 0.15) is 48.6 Å². The molecule has 0 fully saturated rings. The molecule has 1 unspecified atom stereocenters. The zero-order valence-corrected chi connectivity index (χ0v) is 17.2. The van der Waals surface area contributed by atoms with Crippen LogP contribution in [0.15, 0.2) is 47.6 Å². The molecule has 1 aliphatic rings. The van der Waals surface area contributed by atoms with Crippen molar-refractivity contribution < 1.29 is 9.18 Å². The van der Waals surface area contributed by atoms with Crippen LogP contribution in [0, 0.1) is 19.7 Å². The van der Waals surface area contributed by atoms with Gasteiger partial charge in [-0.1, -0.05) is 35.9 Å². The average Bonchev–Trinajstić information content (AvgIpc) is 3.09. The number of rotatable bonds is 5. The van der Waals surface area contributed by atoms with Crippen molar-refractivity contribution in [3.63, 3.8) is 0 Å². The summed E-state index contributed by atoms with van der Waals surface area (Å²) in [5.74, 6) is -0.426. The Morgan fingerprint density at radius 3 is 2.64 bits per heavy atom. The second-order valence-electron chi connectivity index (χ2n) is 7.85. The highest BCUT2D eigenvalue weighted by molar-refractivity contribution is 6.04. The molecule has 0 bridgehead atoms. The number of hydrogen-bond donors (Lipinski definition) is 0. The summed E-state index contributed by atoms with van der Waals surface area (Å²) in [4.78, 5) is 15.0. The summed E-state index contributed by atoms with van der Waals surface area (Å²) in [7, 11) is 1.91. The van der Waals surface area contributed by atoms with E-state index in [4.69, 9.17) is 0 Å². The van der Waals surface area contributed by atoms with Gasteiger partial charge in [-0.15, -0.1) is 0 Å². The molecule has 148 valence electrons. The Balaban J connectivity index is 1.99. The summed E-state index contributed by atoms with van der Waals surface area (Å²) in [6, 6.07) is 12.7.